The Morgan fingerprint density at radius 2 is 2.00 bits per heavy atom. The van der Waals surface area contributed by atoms with E-state index in [9.17, 15) is 4.79 Å². The molecule has 0 radical (unpaired) electrons. The maximum absolute atomic E-state index is 11.1. The predicted octanol–water partition coefficient (Wildman–Crippen LogP) is 3.21. The summed E-state index contributed by atoms with van der Waals surface area (Å²) in [5.41, 5.74) is 1.29. The van der Waals surface area contributed by atoms with Crippen molar-refractivity contribution in [3.05, 3.63) is 29.8 Å². The van der Waals surface area contributed by atoms with Gasteiger partial charge in [-0.15, -0.1) is 11.8 Å². The molecule has 1 aromatic carbocycles. The van der Waals surface area contributed by atoms with Crippen molar-refractivity contribution in [2.75, 3.05) is 0 Å². The van der Waals surface area contributed by atoms with Crippen LogP contribution in [0.3, 0.4) is 0 Å². The summed E-state index contributed by atoms with van der Waals surface area (Å²) >= 11 is 1.84. The van der Waals surface area contributed by atoms with E-state index >= 15 is 0 Å². The number of rotatable bonds is 2. The Bertz CT molecular complexity index is 329. The van der Waals surface area contributed by atoms with Crippen LogP contribution in [-0.4, -0.2) is 11.0 Å². The van der Waals surface area contributed by atoms with Gasteiger partial charge in [0.25, 0.3) is 0 Å². The highest BCUT2D eigenvalue weighted by Crippen LogP contribution is 2.32. The largest absolute Gasteiger partial charge is 0.300 e. The lowest BCUT2D eigenvalue weighted by Gasteiger charge is -2.07. The number of benzene rings is 1. The van der Waals surface area contributed by atoms with Crippen molar-refractivity contribution in [3.8, 4) is 0 Å². The van der Waals surface area contributed by atoms with Crippen LogP contribution < -0.4 is 0 Å². The van der Waals surface area contributed by atoms with Crippen LogP contribution >= 0.6 is 11.8 Å². The molecule has 0 amide bonds. The van der Waals surface area contributed by atoms with Crippen molar-refractivity contribution in [1.29, 1.82) is 0 Å². The van der Waals surface area contributed by atoms with Gasteiger partial charge < -0.3 is 0 Å². The molecule has 1 atom stereocenters. The molecule has 1 fully saturated rings. The van der Waals surface area contributed by atoms with Crippen molar-refractivity contribution in [1.82, 2.24) is 0 Å². The lowest BCUT2D eigenvalue weighted by atomic mass is 10.2. The first-order valence-electron chi connectivity index (χ1n) is 4.99. The van der Waals surface area contributed by atoms with Gasteiger partial charge in [0.05, 0.1) is 0 Å². The second-order valence-electron chi connectivity index (χ2n) is 3.83. The number of carbonyl (C=O) groups is 1. The molecule has 74 valence electrons. The van der Waals surface area contributed by atoms with Gasteiger partial charge in [-0.2, -0.15) is 0 Å². The molecule has 0 aliphatic heterocycles. The van der Waals surface area contributed by atoms with Crippen LogP contribution in [0.25, 0.3) is 0 Å². The maximum atomic E-state index is 11.1. The summed E-state index contributed by atoms with van der Waals surface area (Å²) in [6.07, 6.45) is 2.60. The monoisotopic (exact) mass is 206 g/mol. The van der Waals surface area contributed by atoms with Gasteiger partial charge in [0, 0.05) is 23.0 Å². The predicted molar refractivity (Wildman–Crippen MR) is 59.7 cm³/mol. The molecule has 0 spiro atoms. The molecule has 1 aromatic rings. The Kier molecular flexibility index (Phi) is 2.92. The Labute approximate surface area is 88.9 Å². The highest BCUT2D eigenvalue weighted by Gasteiger charge is 2.22. The van der Waals surface area contributed by atoms with E-state index in [1.165, 1.54) is 10.5 Å². The molecule has 2 heteroatoms. The number of aryl methyl sites for hydroxylation is 1. The Hall–Kier alpha value is -0.760. The summed E-state index contributed by atoms with van der Waals surface area (Å²) in [6.45, 7) is 2.09. The zero-order valence-corrected chi connectivity index (χ0v) is 9.14. The Balaban J connectivity index is 1.97. The normalized spacial score (nSPS) is 21.5. The minimum atomic E-state index is 0.426. The zero-order valence-electron chi connectivity index (χ0n) is 8.32. The second kappa shape index (κ2) is 4.18. The van der Waals surface area contributed by atoms with E-state index in [0.717, 1.165) is 19.3 Å². The number of hydrogen-bond donors (Lipinski definition) is 0. The third kappa shape index (κ3) is 2.38. The van der Waals surface area contributed by atoms with Crippen LogP contribution in [0.5, 0.6) is 0 Å². The van der Waals surface area contributed by atoms with E-state index in [1.54, 1.807) is 0 Å². The van der Waals surface area contributed by atoms with E-state index in [4.69, 9.17) is 0 Å². The van der Waals surface area contributed by atoms with Gasteiger partial charge >= 0.3 is 0 Å². The van der Waals surface area contributed by atoms with Gasteiger partial charge in [-0.1, -0.05) is 17.7 Å². The van der Waals surface area contributed by atoms with Crippen LogP contribution in [0.1, 0.15) is 24.8 Å². The molecule has 0 aromatic heterocycles. The second-order valence-corrected chi connectivity index (χ2v) is 5.21. The van der Waals surface area contributed by atoms with Crippen LogP contribution in [0.2, 0.25) is 0 Å². The van der Waals surface area contributed by atoms with E-state index in [0.29, 0.717) is 11.0 Å². The van der Waals surface area contributed by atoms with E-state index in [-0.39, 0.29) is 0 Å². The van der Waals surface area contributed by atoms with Gasteiger partial charge in [-0.3, -0.25) is 4.79 Å². The molecule has 0 heterocycles. The smallest absolute Gasteiger partial charge is 0.134 e. The SMILES string of the molecule is Cc1ccc(SC2CCC(=O)C2)cc1. The van der Waals surface area contributed by atoms with Crippen LogP contribution in [-0.2, 0) is 4.79 Å². The fourth-order valence-electron chi connectivity index (χ4n) is 1.69. The molecule has 0 bridgehead atoms. The molecule has 1 aliphatic carbocycles. The molecule has 1 nitrogen and oxygen atoms in total. The van der Waals surface area contributed by atoms with Crippen molar-refractivity contribution in [2.45, 2.75) is 36.3 Å². The summed E-state index contributed by atoms with van der Waals surface area (Å²) in [5, 5.41) is 0.519. The van der Waals surface area contributed by atoms with Gasteiger partial charge in [0.2, 0.25) is 0 Å². The number of thioether (sulfide) groups is 1. The molecule has 1 aliphatic rings. The van der Waals surface area contributed by atoms with Crippen molar-refractivity contribution in [2.24, 2.45) is 0 Å². The molecular weight excluding hydrogens is 192 g/mol. The Morgan fingerprint density at radius 3 is 2.57 bits per heavy atom. The van der Waals surface area contributed by atoms with E-state index in [2.05, 4.69) is 31.2 Å². The van der Waals surface area contributed by atoms with Crippen LogP contribution in [0.15, 0.2) is 29.2 Å². The molecule has 1 unspecified atom stereocenters. The molecule has 1 saturated carbocycles. The number of ketones is 1. The van der Waals surface area contributed by atoms with Gasteiger partial charge in [0.15, 0.2) is 0 Å². The van der Waals surface area contributed by atoms with Crippen molar-refractivity contribution >= 4 is 17.5 Å². The standard InChI is InChI=1S/C12H14OS/c1-9-2-5-11(6-3-9)14-12-7-4-10(13)8-12/h2-3,5-6,12H,4,7-8H2,1H3. The van der Waals surface area contributed by atoms with Crippen LogP contribution in [0, 0.1) is 6.92 Å². The Morgan fingerprint density at radius 1 is 1.29 bits per heavy atom. The summed E-state index contributed by atoms with van der Waals surface area (Å²) in [4.78, 5) is 12.4. The van der Waals surface area contributed by atoms with E-state index in [1.807, 2.05) is 11.8 Å². The first-order valence-corrected chi connectivity index (χ1v) is 5.87. The quantitative estimate of drug-likeness (QED) is 0.739. The summed E-state index contributed by atoms with van der Waals surface area (Å²) < 4.78 is 0. The average Bonchev–Trinajstić information content (AvgIpc) is 2.56. The summed E-state index contributed by atoms with van der Waals surface area (Å²) in [7, 11) is 0. The highest BCUT2D eigenvalue weighted by atomic mass is 32.2. The third-order valence-electron chi connectivity index (χ3n) is 2.52. The molecule has 14 heavy (non-hydrogen) atoms. The number of carbonyl (C=O) groups excluding carboxylic acids is 1. The molecule has 0 N–H and O–H groups in total. The molecular formula is C12H14OS. The first kappa shape index (κ1) is 9.78. The minimum Gasteiger partial charge on any atom is -0.300 e. The third-order valence-corrected chi connectivity index (χ3v) is 3.80. The van der Waals surface area contributed by atoms with Crippen molar-refractivity contribution < 1.29 is 4.79 Å². The number of Topliss-reactive ketones (excluding diaryl/α,β-unsaturated/α-hetero) is 1. The lowest BCUT2D eigenvalue weighted by molar-refractivity contribution is -0.117. The fourth-order valence-corrected chi connectivity index (χ4v) is 2.87. The topological polar surface area (TPSA) is 17.1 Å². The molecule has 2 rings (SSSR count). The lowest BCUT2D eigenvalue weighted by Crippen LogP contribution is -1.95. The van der Waals surface area contributed by atoms with Gasteiger partial charge in [-0.05, 0) is 25.5 Å². The van der Waals surface area contributed by atoms with Gasteiger partial charge in [-0.25, -0.2) is 0 Å². The fraction of sp³-hybridized carbons (Fsp3) is 0.417. The van der Waals surface area contributed by atoms with Crippen LogP contribution in [0.4, 0.5) is 0 Å². The highest BCUT2D eigenvalue weighted by molar-refractivity contribution is 8.00. The average molecular weight is 206 g/mol. The maximum Gasteiger partial charge on any atom is 0.134 e. The zero-order chi connectivity index (χ0) is 9.97. The number of hydrogen-bond acceptors (Lipinski definition) is 2. The first-order chi connectivity index (χ1) is 6.74. The van der Waals surface area contributed by atoms with Crippen molar-refractivity contribution in [3.63, 3.8) is 0 Å². The summed E-state index contributed by atoms with van der Waals surface area (Å²) in [6, 6.07) is 8.53. The summed E-state index contributed by atoms with van der Waals surface area (Å²) in [5.74, 6) is 0.426. The van der Waals surface area contributed by atoms with E-state index < -0.39 is 0 Å². The molecule has 0 saturated heterocycles. The minimum absolute atomic E-state index is 0.426. The van der Waals surface area contributed by atoms with Gasteiger partial charge in [0.1, 0.15) is 5.78 Å².